The van der Waals surface area contributed by atoms with Crippen LogP contribution in [-0.2, 0) is 110 Å². The van der Waals surface area contributed by atoms with Gasteiger partial charge in [-0.1, -0.05) is 60.7 Å². The first-order valence-electron chi connectivity index (χ1n) is 39.9. The molecule has 119 heavy (non-hydrogen) atoms. The van der Waals surface area contributed by atoms with Gasteiger partial charge in [-0.05, 0) is 60.7 Å². The third-order valence-corrected chi connectivity index (χ3v) is 21.5. The largest absolute Gasteiger partial charge is 0.506 e. The number of benzene rings is 2. The number of phenolic OH excluding ortho intramolecular Hbond substituents is 1. The molecule has 0 atom stereocenters. The van der Waals surface area contributed by atoms with Crippen LogP contribution < -0.4 is 27.3 Å². The van der Waals surface area contributed by atoms with Gasteiger partial charge in [0.25, 0.3) is 0 Å². The Labute approximate surface area is 692 Å². The van der Waals surface area contributed by atoms with Crippen LogP contribution in [-0.4, -0.2) is 331 Å². The number of aromatic nitrogens is 6. The Hall–Kier alpha value is -7.01. The van der Waals surface area contributed by atoms with E-state index in [1.165, 1.54) is 30.3 Å². The molecule has 3 saturated heterocycles. The number of hydrogen-bond acceptors (Lipinski definition) is 28. The van der Waals surface area contributed by atoms with E-state index in [0.717, 1.165) is 22.5 Å². The number of rotatable bonds is 15. The van der Waals surface area contributed by atoms with Crippen molar-refractivity contribution in [3.63, 3.8) is 0 Å². The van der Waals surface area contributed by atoms with E-state index in [0.29, 0.717) is 310 Å². The van der Waals surface area contributed by atoms with E-state index in [1.54, 1.807) is 60.7 Å². The zero-order valence-corrected chi connectivity index (χ0v) is 70.0. The molecule has 0 aliphatic carbocycles. The van der Waals surface area contributed by atoms with Gasteiger partial charge in [-0.15, -0.1) is 0 Å². The van der Waals surface area contributed by atoms with Crippen molar-refractivity contribution in [2.45, 2.75) is 39.3 Å². The highest BCUT2D eigenvalue weighted by Crippen LogP contribution is 2.36. The standard InChI is InChI=1S/2C28H39N4O8P.C24H37N4O8P/c33-27-6-2-4-24(29-27)21-31-9-13-37-17-19-39-15-11-32(12-16-40-20-18-38-14-10-31)22-25-8-7-23-3-1-5-26(28(23)30-25)41(34,35)36;33-26-5-1-3-23-7-8-25(30-28(23)26)22-32-11-15-39-19-17-37-13-9-31(10-14-38-18-20-40-16-12-32)21-24-4-2-6-27(29-24)41(34,35)36;29-23-5-1-3-21(25-23)19-27-7-11-33-15-17-35-13-9-28(10-14-36-18-16-34-12-8-27)20-22-4-2-6-24(26-22)37(30,31)32/h1-8H,9-22H2,(H,29,33)(H2,34,35,36);1-8,33H,9-22H2,(H2,34,35,36);1-6H,7-20H2,(H,25,29)(H2,30,31,32). The van der Waals surface area contributed by atoms with Gasteiger partial charge < -0.3 is 101 Å². The van der Waals surface area contributed by atoms with Crippen LogP contribution in [0, 0.1) is 0 Å². The number of ether oxygens (including phenoxy) is 12. The van der Waals surface area contributed by atoms with Crippen LogP contribution in [0.25, 0.3) is 21.8 Å². The smallest absolute Gasteiger partial charge is 0.374 e. The number of pyridine rings is 6. The molecular weight excluding hydrogens is 1610 g/mol. The van der Waals surface area contributed by atoms with Crippen LogP contribution in [0.2, 0.25) is 0 Å². The molecule has 9 heterocycles. The lowest BCUT2D eigenvalue weighted by molar-refractivity contribution is 0.00599. The zero-order chi connectivity index (χ0) is 84.2. The van der Waals surface area contributed by atoms with Crippen molar-refractivity contribution in [1.29, 1.82) is 0 Å². The Kier molecular flexibility index (Phi) is 42.8. The maximum absolute atomic E-state index is 12.0. The molecule has 3 aliphatic rings. The summed E-state index contributed by atoms with van der Waals surface area (Å²) in [5.41, 5.74) is 4.60. The molecule has 0 bridgehead atoms. The lowest BCUT2D eigenvalue weighted by Gasteiger charge is -2.23. The fourth-order valence-electron chi connectivity index (χ4n) is 12.6. The van der Waals surface area contributed by atoms with Crippen molar-refractivity contribution in [3.05, 3.63) is 188 Å². The van der Waals surface area contributed by atoms with E-state index in [9.17, 15) is 57.8 Å². The summed E-state index contributed by atoms with van der Waals surface area (Å²) < 4.78 is 104. The Bertz CT molecular complexity index is 4470. The second-order valence-corrected chi connectivity index (χ2v) is 32.7. The number of para-hydroxylation sites is 2. The third kappa shape index (κ3) is 37.7. The Morgan fingerprint density at radius 1 is 0.277 bits per heavy atom. The summed E-state index contributed by atoms with van der Waals surface area (Å²) in [6.07, 6.45) is 0. The van der Waals surface area contributed by atoms with E-state index in [4.69, 9.17) is 56.8 Å². The first-order chi connectivity index (χ1) is 57.7. The van der Waals surface area contributed by atoms with Crippen molar-refractivity contribution in [2.75, 3.05) is 237 Å². The molecular formula is C80H115N12O24P3. The average Bonchev–Trinajstić information content (AvgIpc) is 0.796. The van der Waals surface area contributed by atoms with E-state index >= 15 is 0 Å². The zero-order valence-electron chi connectivity index (χ0n) is 67.3. The summed E-state index contributed by atoms with van der Waals surface area (Å²) in [6, 6.07) is 37.5. The lowest BCUT2D eigenvalue weighted by Crippen LogP contribution is -2.33. The summed E-state index contributed by atoms with van der Waals surface area (Å²) in [4.78, 5) is 117. The molecule has 39 heteroatoms. The first kappa shape index (κ1) is 95.8. The number of aromatic amines is 2. The van der Waals surface area contributed by atoms with E-state index in [1.807, 2.05) is 42.5 Å². The normalized spacial score (nSPS) is 18.8. The van der Waals surface area contributed by atoms with Gasteiger partial charge in [0.1, 0.15) is 11.3 Å². The molecule has 0 radical (unpaired) electrons. The number of nitrogens with one attached hydrogen (secondary N) is 2. The van der Waals surface area contributed by atoms with Crippen LogP contribution in [0.1, 0.15) is 34.2 Å². The summed E-state index contributed by atoms with van der Waals surface area (Å²) in [6.45, 7) is 22.4. The molecule has 9 N–H and O–H groups in total. The molecule has 0 amide bonds. The van der Waals surface area contributed by atoms with Gasteiger partial charge in [-0.3, -0.25) is 57.7 Å². The van der Waals surface area contributed by atoms with Crippen molar-refractivity contribution in [3.8, 4) is 5.75 Å². The molecule has 3 aliphatic heterocycles. The van der Waals surface area contributed by atoms with Gasteiger partial charge in [0.15, 0.2) is 10.9 Å². The quantitative estimate of drug-likeness (QED) is 0.0666. The number of fused-ring (bicyclic) bond motifs is 2. The maximum Gasteiger partial charge on any atom is 0.374 e. The predicted octanol–water partition coefficient (Wildman–Crippen LogP) is 2.59. The Morgan fingerprint density at radius 2 is 0.538 bits per heavy atom. The molecule has 36 nitrogen and oxygen atoms in total. The highest BCUT2D eigenvalue weighted by molar-refractivity contribution is 7.61. The van der Waals surface area contributed by atoms with E-state index in [-0.39, 0.29) is 33.0 Å². The van der Waals surface area contributed by atoms with Gasteiger partial charge in [-0.25, -0.2) is 15.0 Å². The molecule has 0 unspecified atom stereocenters. The second kappa shape index (κ2) is 53.1. The average molecular weight is 1720 g/mol. The molecule has 8 aromatic rings. The first-order valence-corrected chi connectivity index (χ1v) is 44.7. The van der Waals surface area contributed by atoms with Crippen molar-refractivity contribution < 1.29 is 105 Å². The minimum absolute atomic E-state index is 0.0682. The summed E-state index contributed by atoms with van der Waals surface area (Å²) in [7, 11) is -13.3. The number of H-pyrrole nitrogens is 2. The van der Waals surface area contributed by atoms with Gasteiger partial charge >= 0.3 is 22.8 Å². The summed E-state index contributed by atoms with van der Waals surface area (Å²) in [5.74, 6) is 0.171. The second-order valence-electron chi connectivity index (χ2n) is 28.0. The lowest BCUT2D eigenvalue weighted by atomic mass is 10.2. The highest BCUT2D eigenvalue weighted by atomic mass is 31.2. The van der Waals surface area contributed by atoms with E-state index < -0.39 is 22.8 Å². The van der Waals surface area contributed by atoms with Crippen LogP contribution in [0.15, 0.2) is 143 Å². The molecule has 0 saturated carbocycles. The van der Waals surface area contributed by atoms with Crippen LogP contribution in [0.5, 0.6) is 5.75 Å². The molecule has 3 fully saturated rings. The maximum atomic E-state index is 12.0. The van der Waals surface area contributed by atoms with Gasteiger partial charge in [-0.2, -0.15) is 0 Å². The highest BCUT2D eigenvalue weighted by Gasteiger charge is 2.25. The molecule has 654 valence electrons. The summed E-state index contributed by atoms with van der Waals surface area (Å²) in [5, 5.41) is 11.7. The molecule has 11 rings (SSSR count). The predicted molar refractivity (Wildman–Crippen MR) is 444 cm³/mol. The molecule has 0 spiro atoms. The van der Waals surface area contributed by atoms with Crippen LogP contribution in [0.4, 0.5) is 0 Å². The van der Waals surface area contributed by atoms with Crippen molar-refractivity contribution in [2.24, 2.45) is 0 Å². The minimum atomic E-state index is -4.46. The van der Waals surface area contributed by atoms with Gasteiger partial charge in [0, 0.05) is 152 Å². The monoisotopic (exact) mass is 1720 g/mol. The number of nitrogens with zero attached hydrogens (tertiary/aromatic N) is 10. The number of phenols is 1. The number of aromatic hydroxyl groups is 1. The Morgan fingerprint density at radius 3 is 0.832 bits per heavy atom. The van der Waals surface area contributed by atoms with Gasteiger partial charge in [0.2, 0.25) is 11.1 Å². The topological polar surface area (TPSA) is 440 Å². The molecule has 6 aromatic heterocycles. The van der Waals surface area contributed by atoms with Crippen LogP contribution >= 0.6 is 22.8 Å². The third-order valence-electron chi connectivity index (χ3n) is 18.9. The van der Waals surface area contributed by atoms with Crippen molar-refractivity contribution >= 4 is 60.8 Å². The Balaban J connectivity index is 0.000000204. The fourth-order valence-corrected chi connectivity index (χ4v) is 14.4. The number of hydrogen-bond donors (Lipinski definition) is 9. The molecule has 2 aromatic carbocycles. The SMILES string of the molecule is O=P(O)(O)c1cccc(CN2CCOCCOCCN(Cc3ccc4cccc(O)c4n3)CCOCCOCC2)n1.O=c1cccc(CN2CCOCCOCCN(Cc3ccc4cccc(P(=O)(O)O)c4n3)CCOCCOCC2)[nH]1.O=c1cccc(CN2CCOCCOCCN(Cc3cccc(P(=O)(O)O)n3)CCOCCOCC2)[nH]1. The van der Waals surface area contributed by atoms with Crippen LogP contribution in [0.3, 0.4) is 0 Å². The van der Waals surface area contributed by atoms with Crippen molar-refractivity contribution in [1.82, 2.24) is 59.3 Å². The fraction of sp³-hybridized carbons (Fsp3) is 0.525. The minimum Gasteiger partial charge on any atom is -0.506 e. The van der Waals surface area contributed by atoms with Gasteiger partial charge in [0.05, 0.1) is 192 Å². The summed E-state index contributed by atoms with van der Waals surface area (Å²) >= 11 is 0. The van der Waals surface area contributed by atoms with E-state index in [2.05, 4.69) is 59.3 Å².